The molecule has 0 bridgehead atoms. The van der Waals surface area contributed by atoms with Crippen LogP contribution in [0.3, 0.4) is 0 Å². The van der Waals surface area contributed by atoms with Crippen LogP contribution in [0, 0.1) is 0 Å². The quantitative estimate of drug-likeness (QED) is 0.0323. The van der Waals surface area contributed by atoms with Gasteiger partial charge in [-0.2, -0.15) is 0 Å². The van der Waals surface area contributed by atoms with Crippen LogP contribution in [0.4, 0.5) is 0 Å². The highest BCUT2D eigenvalue weighted by atomic mass is 16.5. The van der Waals surface area contributed by atoms with E-state index in [-0.39, 0.29) is 24.9 Å². The predicted octanol–water partition coefficient (Wildman–Crippen LogP) is 15.1. The summed E-state index contributed by atoms with van der Waals surface area (Å²) in [5.41, 5.74) is 0. The maximum atomic E-state index is 13.2. The van der Waals surface area contributed by atoms with Crippen molar-refractivity contribution in [1.29, 1.82) is 0 Å². The Morgan fingerprint density at radius 3 is 1.31 bits per heavy atom. The second-order valence-electron chi connectivity index (χ2n) is 17.6. The predicted molar refractivity (Wildman–Crippen MR) is 250 cm³/mol. The van der Waals surface area contributed by atoms with E-state index in [9.17, 15) is 19.8 Å². The number of hydrogen-bond acceptors (Lipinski definition) is 5. The minimum atomic E-state index is -0.788. The Morgan fingerprint density at radius 2 is 0.862 bits per heavy atom. The normalized spacial score (nSPS) is 13.4. The monoisotopic (exact) mass is 818 g/mol. The molecule has 0 saturated heterocycles. The Morgan fingerprint density at radius 1 is 0.500 bits per heavy atom. The van der Waals surface area contributed by atoms with Crippen LogP contribution in [0.25, 0.3) is 0 Å². The summed E-state index contributed by atoms with van der Waals surface area (Å²) in [5.74, 6) is -0.481. The molecule has 0 aromatic carbocycles. The molecule has 58 heavy (non-hydrogen) atoms. The first-order valence-electron chi connectivity index (χ1n) is 25.6. The zero-order valence-corrected chi connectivity index (χ0v) is 38.9. The number of hydrogen-bond donors (Lipinski definition) is 3. The van der Waals surface area contributed by atoms with Crippen molar-refractivity contribution in [1.82, 2.24) is 5.32 Å². The van der Waals surface area contributed by atoms with E-state index in [0.717, 1.165) is 70.6 Å². The number of nitrogens with one attached hydrogen (secondary N) is 1. The summed E-state index contributed by atoms with van der Waals surface area (Å²) >= 11 is 0. The topological polar surface area (TPSA) is 95.9 Å². The molecular formula is C52H99NO5. The molecular weight excluding hydrogens is 719 g/mol. The smallest absolute Gasteiger partial charge is 0.306 e. The molecule has 0 rings (SSSR count). The van der Waals surface area contributed by atoms with Gasteiger partial charge >= 0.3 is 5.97 Å². The molecule has 0 radical (unpaired) electrons. The van der Waals surface area contributed by atoms with Crippen LogP contribution >= 0.6 is 0 Å². The third-order valence-corrected chi connectivity index (χ3v) is 11.8. The molecule has 0 aromatic heterocycles. The van der Waals surface area contributed by atoms with Gasteiger partial charge in [0.25, 0.3) is 0 Å². The Kier molecular flexibility index (Phi) is 45.1. The number of unbranched alkanes of at least 4 members (excludes halogenated alkanes) is 31. The van der Waals surface area contributed by atoms with Gasteiger partial charge in [0.2, 0.25) is 5.91 Å². The lowest BCUT2D eigenvalue weighted by Crippen LogP contribution is -2.46. The molecule has 342 valence electrons. The minimum Gasteiger partial charge on any atom is -0.462 e. The average molecular weight is 818 g/mol. The second-order valence-corrected chi connectivity index (χ2v) is 17.6. The summed E-state index contributed by atoms with van der Waals surface area (Å²) in [7, 11) is 0. The van der Waals surface area contributed by atoms with Crippen molar-refractivity contribution in [2.45, 2.75) is 289 Å². The van der Waals surface area contributed by atoms with Gasteiger partial charge in [0, 0.05) is 6.42 Å². The van der Waals surface area contributed by atoms with E-state index < -0.39 is 18.2 Å². The van der Waals surface area contributed by atoms with Crippen LogP contribution in [0.2, 0.25) is 0 Å². The van der Waals surface area contributed by atoms with E-state index in [4.69, 9.17) is 4.74 Å². The highest BCUT2D eigenvalue weighted by Crippen LogP contribution is 2.18. The van der Waals surface area contributed by atoms with Gasteiger partial charge in [-0.05, 0) is 51.4 Å². The molecule has 0 saturated carbocycles. The number of amides is 1. The molecule has 0 spiro atoms. The number of rotatable bonds is 46. The molecule has 6 nitrogen and oxygen atoms in total. The van der Waals surface area contributed by atoms with Crippen molar-refractivity contribution in [2.24, 2.45) is 0 Å². The maximum Gasteiger partial charge on any atom is 0.306 e. The molecule has 0 aliphatic carbocycles. The molecule has 0 heterocycles. The van der Waals surface area contributed by atoms with Crippen LogP contribution < -0.4 is 5.32 Å². The number of allylic oxidation sites excluding steroid dienone is 4. The van der Waals surface area contributed by atoms with Gasteiger partial charge in [0.05, 0.1) is 25.2 Å². The number of carbonyl (C=O) groups excluding carboxylic acids is 2. The van der Waals surface area contributed by atoms with Crippen molar-refractivity contribution in [3.8, 4) is 0 Å². The molecule has 0 aromatic rings. The van der Waals surface area contributed by atoms with E-state index in [1.807, 2.05) is 0 Å². The maximum absolute atomic E-state index is 13.2. The molecule has 3 unspecified atom stereocenters. The molecule has 1 amide bonds. The van der Waals surface area contributed by atoms with Crippen LogP contribution in [0.15, 0.2) is 24.3 Å². The standard InChI is InChI=1S/C52H99NO5/c1-4-7-10-13-16-19-22-25-27-30-33-36-39-42-45-52(57)58-48(43-40-37-34-31-28-26-23-20-17-14-11-8-5-2)46-51(56)53-49(47-54)50(55)44-41-38-35-32-29-24-21-18-15-12-9-6-3/h17,20,23,26,48-50,54-55H,4-16,18-19,21-22,24-25,27-47H2,1-3H3,(H,53,56)/b20-17+,26-23+. The van der Waals surface area contributed by atoms with Crippen molar-refractivity contribution in [2.75, 3.05) is 6.61 Å². The Bertz CT molecular complexity index is 919. The van der Waals surface area contributed by atoms with E-state index in [2.05, 4.69) is 50.4 Å². The van der Waals surface area contributed by atoms with E-state index in [1.54, 1.807) is 0 Å². The fraction of sp³-hybridized carbons (Fsp3) is 0.885. The Hall–Kier alpha value is -1.66. The number of carbonyl (C=O) groups is 2. The summed E-state index contributed by atoms with van der Waals surface area (Å²) in [6.07, 6.45) is 52.3. The van der Waals surface area contributed by atoms with E-state index in [1.165, 1.54) is 154 Å². The van der Waals surface area contributed by atoms with Crippen molar-refractivity contribution in [3.63, 3.8) is 0 Å². The fourth-order valence-electron chi connectivity index (χ4n) is 7.89. The first kappa shape index (κ1) is 56.3. The van der Waals surface area contributed by atoms with Crippen LogP contribution in [0.5, 0.6) is 0 Å². The third kappa shape index (κ3) is 41.1. The Balaban J connectivity index is 4.58. The number of aliphatic hydroxyl groups excluding tert-OH is 2. The first-order valence-corrected chi connectivity index (χ1v) is 25.6. The molecule has 3 atom stereocenters. The molecule has 0 aliphatic rings. The highest BCUT2D eigenvalue weighted by Gasteiger charge is 2.24. The average Bonchev–Trinajstić information content (AvgIpc) is 3.22. The van der Waals surface area contributed by atoms with Gasteiger partial charge in [0.15, 0.2) is 0 Å². The molecule has 3 N–H and O–H groups in total. The summed E-state index contributed by atoms with van der Waals surface area (Å²) in [5, 5.41) is 23.7. The van der Waals surface area contributed by atoms with Gasteiger partial charge in [-0.15, -0.1) is 0 Å². The van der Waals surface area contributed by atoms with Gasteiger partial charge in [-0.1, -0.05) is 231 Å². The lowest BCUT2D eigenvalue weighted by Gasteiger charge is -2.24. The van der Waals surface area contributed by atoms with Crippen LogP contribution in [-0.4, -0.2) is 46.9 Å². The minimum absolute atomic E-state index is 0.0691. The zero-order valence-electron chi connectivity index (χ0n) is 38.9. The zero-order chi connectivity index (χ0) is 42.4. The summed E-state index contributed by atoms with van der Waals surface area (Å²) in [4.78, 5) is 26.1. The fourth-order valence-corrected chi connectivity index (χ4v) is 7.89. The van der Waals surface area contributed by atoms with Crippen molar-refractivity contribution >= 4 is 11.9 Å². The lowest BCUT2D eigenvalue weighted by atomic mass is 10.0. The van der Waals surface area contributed by atoms with Crippen molar-refractivity contribution in [3.05, 3.63) is 24.3 Å². The summed E-state index contributed by atoms with van der Waals surface area (Å²) < 4.78 is 5.92. The number of esters is 1. The molecule has 0 fully saturated rings. The summed E-state index contributed by atoms with van der Waals surface area (Å²) in [6.45, 7) is 6.46. The van der Waals surface area contributed by atoms with Gasteiger partial charge in [-0.3, -0.25) is 9.59 Å². The van der Waals surface area contributed by atoms with Gasteiger partial charge in [0.1, 0.15) is 6.10 Å². The Labute approximate surface area is 361 Å². The molecule has 6 heteroatoms. The largest absolute Gasteiger partial charge is 0.462 e. The molecule has 0 aliphatic heterocycles. The lowest BCUT2D eigenvalue weighted by molar-refractivity contribution is -0.151. The van der Waals surface area contributed by atoms with Gasteiger partial charge < -0.3 is 20.3 Å². The first-order chi connectivity index (χ1) is 28.5. The second kappa shape index (κ2) is 46.4. The highest BCUT2D eigenvalue weighted by molar-refractivity contribution is 5.77. The van der Waals surface area contributed by atoms with Crippen molar-refractivity contribution < 1.29 is 24.5 Å². The SMILES string of the molecule is CCCCC/C=C/C=C/CCCCCCC(CC(=O)NC(CO)C(O)CCCCCCCCCCCCCC)OC(=O)CCCCCCCCCCCCCCCC. The van der Waals surface area contributed by atoms with Gasteiger partial charge in [-0.25, -0.2) is 0 Å². The third-order valence-electron chi connectivity index (χ3n) is 11.8. The van der Waals surface area contributed by atoms with E-state index >= 15 is 0 Å². The van der Waals surface area contributed by atoms with Crippen LogP contribution in [0.1, 0.15) is 271 Å². The number of aliphatic hydroxyl groups is 2. The number of ether oxygens (including phenoxy) is 1. The summed E-state index contributed by atoms with van der Waals surface area (Å²) in [6, 6.07) is -0.702. The van der Waals surface area contributed by atoms with E-state index in [0.29, 0.717) is 19.3 Å². The van der Waals surface area contributed by atoms with Crippen LogP contribution in [-0.2, 0) is 14.3 Å².